The highest BCUT2D eigenvalue weighted by Gasteiger charge is 2.45. The van der Waals surface area contributed by atoms with E-state index in [4.69, 9.17) is 9.84 Å². The maximum absolute atomic E-state index is 12.3. The summed E-state index contributed by atoms with van der Waals surface area (Å²) < 4.78 is 5.51. The van der Waals surface area contributed by atoms with Crippen molar-refractivity contribution in [3.05, 3.63) is 0 Å². The van der Waals surface area contributed by atoms with Crippen LogP contribution in [-0.2, 0) is 14.3 Å². The van der Waals surface area contributed by atoms with E-state index in [0.29, 0.717) is 5.75 Å². The molecule has 3 atom stereocenters. The smallest absolute Gasteiger partial charge is 0.336 e. The summed E-state index contributed by atoms with van der Waals surface area (Å²) in [5, 5.41) is 11.9. The number of aliphatic carboxylic acids is 1. The number of carboxylic acid groups (broad SMARTS) is 1. The van der Waals surface area contributed by atoms with E-state index in [0.717, 1.165) is 12.8 Å². The second-order valence-electron chi connectivity index (χ2n) is 6.86. The Bertz CT molecular complexity index is 404. The quantitative estimate of drug-likeness (QED) is 0.406. The summed E-state index contributed by atoms with van der Waals surface area (Å²) in [4.78, 5) is 22.3. The largest absolute Gasteiger partial charge is 0.480 e. The zero-order chi connectivity index (χ0) is 18.0. The number of esters is 1. The summed E-state index contributed by atoms with van der Waals surface area (Å²) in [7, 11) is 0. The number of nitrogens with one attached hydrogen (secondary N) is 1. The van der Waals surface area contributed by atoms with Gasteiger partial charge >= 0.3 is 11.9 Å². The van der Waals surface area contributed by atoms with E-state index in [-0.39, 0.29) is 12.1 Å². The predicted molar refractivity (Wildman–Crippen MR) is 98.2 cm³/mol. The minimum atomic E-state index is -0.948. The molecular formula is C18H33NO4S. The Labute approximate surface area is 150 Å². The molecule has 24 heavy (non-hydrogen) atoms. The lowest BCUT2D eigenvalue weighted by Gasteiger charge is -2.24. The fourth-order valence-electron chi connectivity index (χ4n) is 2.84. The lowest BCUT2D eigenvalue weighted by molar-refractivity contribution is -0.152. The Morgan fingerprint density at radius 1 is 1.21 bits per heavy atom. The number of carbonyl (C=O) groups is 2. The molecule has 2 N–H and O–H groups in total. The normalized spacial score (nSPS) is 24.7. The van der Waals surface area contributed by atoms with Crippen LogP contribution in [0.4, 0.5) is 0 Å². The summed E-state index contributed by atoms with van der Waals surface area (Å²) in [5.41, 5.74) is 0. The highest BCUT2D eigenvalue weighted by Crippen LogP contribution is 2.32. The van der Waals surface area contributed by atoms with Gasteiger partial charge in [-0.1, -0.05) is 51.9 Å². The molecular weight excluding hydrogens is 326 g/mol. The Kier molecular flexibility index (Phi) is 9.74. The van der Waals surface area contributed by atoms with Gasteiger partial charge in [0.05, 0.1) is 6.10 Å². The van der Waals surface area contributed by atoms with Crippen LogP contribution in [0, 0.1) is 0 Å². The number of carboxylic acids is 1. The number of hydrogen-bond donors (Lipinski definition) is 2. The molecule has 140 valence electrons. The average molecular weight is 360 g/mol. The van der Waals surface area contributed by atoms with Crippen LogP contribution in [0.1, 0.15) is 78.6 Å². The van der Waals surface area contributed by atoms with Crippen molar-refractivity contribution in [3.8, 4) is 0 Å². The van der Waals surface area contributed by atoms with Gasteiger partial charge in [-0.25, -0.2) is 4.79 Å². The van der Waals surface area contributed by atoms with Gasteiger partial charge in [-0.05, 0) is 26.7 Å². The Morgan fingerprint density at radius 2 is 1.79 bits per heavy atom. The first-order chi connectivity index (χ1) is 11.4. The lowest BCUT2D eigenvalue weighted by Crippen LogP contribution is -2.49. The third-order valence-electron chi connectivity index (χ3n) is 4.45. The van der Waals surface area contributed by atoms with Crippen LogP contribution < -0.4 is 5.32 Å². The van der Waals surface area contributed by atoms with Gasteiger partial charge in [0.1, 0.15) is 6.04 Å². The number of rotatable bonds is 12. The molecule has 1 saturated heterocycles. The zero-order valence-electron chi connectivity index (χ0n) is 15.3. The maximum Gasteiger partial charge on any atom is 0.336 e. The molecule has 1 fully saturated rings. The average Bonchev–Trinajstić information content (AvgIpc) is 2.94. The van der Waals surface area contributed by atoms with E-state index >= 15 is 0 Å². The van der Waals surface area contributed by atoms with Gasteiger partial charge in [-0.15, -0.1) is 11.8 Å². The summed E-state index contributed by atoms with van der Waals surface area (Å²) in [6, 6.07) is -0.685. The van der Waals surface area contributed by atoms with Crippen molar-refractivity contribution in [3.63, 3.8) is 0 Å². The molecule has 0 aliphatic carbocycles. The van der Waals surface area contributed by atoms with Crippen LogP contribution in [0.3, 0.4) is 0 Å². The fourth-order valence-corrected chi connectivity index (χ4v) is 3.95. The van der Waals surface area contributed by atoms with Gasteiger partial charge < -0.3 is 9.84 Å². The standard InChI is InChI=1S/C18H33NO4S/c1-4-5-6-7-8-9-10-11-12-14(2)23-17(22)18(3)19-15(13-24-18)16(20)21/h14-15,19H,4-13H2,1-3H3,(H,20,21). The molecule has 6 heteroatoms. The highest BCUT2D eigenvalue weighted by atomic mass is 32.2. The molecule has 0 radical (unpaired) electrons. The van der Waals surface area contributed by atoms with Gasteiger partial charge in [-0.2, -0.15) is 0 Å². The number of carbonyl (C=O) groups excluding carboxylic acids is 1. The number of thioether (sulfide) groups is 1. The van der Waals surface area contributed by atoms with E-state index in [9.17, 15) is 9.59 Å². The lowest BCUT2D eigenvalue weighted by atomic mass is 10.1. The molecule has 1 rings (SSSR count). The molecule has 1 aliphatic rings. The van der Waals surface area contributed by atoms with Gasteiger partial charge in [0, 0.05) is 5.75 Å². The van der Waals surface area contributed by atoms with Crippen molar-refractivity contribution in [2.45, 2.75) is 95.6 Å². The van der Waals surface area contributed by atoms with Crippen LogP contribution in [0.5, 0.6) is 0 Å². The molecule has 1 aliphatic heterocycles. The molecule has 0 bridgehead atoms. The van der Waals surface area contributed by atoms with Crippen molar-refractivity contribution in [2.24, 2.45) is 0 Å². The van der Waals surface area contributed by atoms with Crippen LogP contribution >= 0.6 is 11.8 Å². The van der Waals surface area contributed by atoms with Gasteiger partial charge in [-0.3, -0.25) is 10.1 Å². The van der Waals surface area contributed by atoms with E-state index in [1.54, 1.807) is 6.92 Å². The van der Waals surface area contributed by atoms with E-state index in [2.05, 4.69) is 12.2 Å². The Hall–Kier alpha value is -0.750. The molecule has 0 aromatic heterocycles. The van der Waals surface area contributed by atoms with E-state index < -0.39 is 16.9 Å². The van der Waals surface area contributed by atoms with E-state index in [1.807, 2.05) is 6.92 Å². The Balaban J connectivity index is 2.15. The third-order valence-corrected chi connectivity index (χ3v) is 5.81. The van der Waals surface area contributed by atoms with Crippen LogP contribution in [0.15, 0.2) is 0 Å². The first-order valence-electron chi connectivity index (χ1n) is 9.24. The molecule has 3 unspecified atom stereocenters. The van der Waals surface area contributed by atoms with Crippen molar-refractivity contribution < 1.29 is 19.4 Å². The predicted octanol–water partition coefficient (Wildman–Crippen LogP) is 3.95. The minimum absolute atomic E-state index is 0.124. The van der Waals surface area contributed by atoms with Crippen molar-refractivity contribution in [1.29, 1.82) is 0 Å². The second-order valence-corrected chi connectivity index (χ2v) is 8.30. The third kappa shape index (κ3) is 7.43. The second kappa shape index (κ2) is 11.0. The Morgan fingerprint density at radius 3 is 2.33 bits per heavy atom. The number of unbranched alkanes of at least 4 members (excludes halogenated alkanes) is 7. The molecule has 0 spiro atoms. The summed E-state index contributed by atoms with van der Waals surface area (Å²) in [6.07, 6.45) is 10.8. The van der Waals surface area contributed by atoms with Crippen LogP contribution in [0.25, 0.3) is 0 Å². The summed E-state index contributed by atoms with van der Waals surface area (Å²) in [5.74, 6) is -0.901. The molecule has 0 amide bonds. The van der Waals surface area contributed by atoms with Crippen LogP contribution in [-0.4, -0.2) is 39.8 Å². The van der Waals surface area contributed by atoms with Gasteiger partial charge in [0.2, 0.25) is 0 Å². The van der Waals surface area contributed by atoms with E-state index in [1.165, 1.54) is 56.7 Å². The van der Waals surface area contributed by atoms with Gasteiger partial charge in [0.15, 0.2) is 4.87 Å². The first-order valence-corrected chi connectivity index (χ1v) is 10.2. The zero-order valence-corrected chi connectivity index (χ0v) is 16.1. The fraction of sp³-hybridized carbons (Fsp3) is 0.889. The molecule has 0 aromatic carbocycles. The SMILES string of the molecule is CCCCCCCCCCC(C)OC(=O)C1(C)NC(C(=O)O)CS1. The first kappa shape index (κ1) is 21.3. The van der Waals surface area contributed by atoms with Crippen LogP contribution in [0.2, 0.25) is 0 Å². The monoisotopic (exact) mass is 359 g/mol. The number of ether oxygens (including phenoxy) is 1. The molecule has 0 aromatic rings. The summed E-state index contributed by atoms with van der Waals surface area (Å²) >= 11 is 1.31. The van der Waals surface area contributed by atoms with Crippen molar-refractivity contribution in [1.82, 2.24) is 5.32 Å². The minimum Gasteiger partial charge on any atom is -0.480 e. The molecule has 0 saturated carbocycles. The van der Waals surface area contributed by atoms with Crippen molar-refractivity contribution >= 4 is 23.7 Å². The number of hydrogen-bond acceptors (Lipinski definition) is 5. The highest BCUT2D eigenvalue weighted by molar-refractivity contribution is 8.01. The molecule has 5 nitrogen and oxygen atoms in total. The van der Waals surface area contributed by atoms with Crippen molar-refractivity contribution in [2.75, 3.05) is 5.75 Å². The van der Waals surface area contributed by atoms with Gasteiger partial charge in [0.25, 0.3) is 0 Å². The molecule has 1 heterocycles. The summed E-state index contributed by atoms with van der Waals surface area (Å²) in [6.45, 7) is 5.84. The maximum atomic E-state index is 12.3. The topological polar surface area (TPSA) is 75.6 Å².